The van der Waals surface area contributed by atoms with E-state index in [1.54, 1.807) is 33.0 Å². The molecule has 0 radical (unpaired) electrons. The molecule has 9 heteroatoms. The number of anilines is 2. The van der Waals surface area contributed by atoms with E-state index in [2.05, 4.69) is 16.0 Å². The Labute approximate surface area is 155 Å². The summed E-state index contributed by atoms with van der Waals surface area (Å²) in [4.78, 5) is 12.5. The van der Waals surface area contributed by atoms with Gasteiger partial charge in [0.15, 0.2) is 0 Å². The zero-order chi connectivity index (χ0) is 19.2. The van der Waals surface area contributed by atoms with Gasteiger partial charge in [-0.25, -0.2) is 8.42 Å². The fourth-order valence-corrected chi connectivity index (χ4v) is 4.38. The van der Waals surface area contributed by atoms with Gasteiger partial charge in [0.2, 0.25) is 15.9 Å². The molecule has 0 spiro atoms. The highest BCUT2D eigenvalue weighted by Crippen LogP contribution is 2.27. The zero-order valence-electron chi connectivity index (χ0n) is 15.5. The summed E-state index contributed by atoms with van der Waals surface area (Å²) in [5.41, 5.74) is 1.10. The number of ether oxygens (including phenoxy) is 1. The van der Waals surface area contributed by atoms with Crippen LogP contribution in [0.5, 0.6) is 0 Å². The number of rotatable bonds is 8. The molecule has 1 aromatic carbocycles. The van der Waals surface area contributed by atoms with Crippen molar-refractivity contribution in [3.63, 3.8) is 0 Å². The molecule has 1 amide bonds. The van der Waals surface area contributed by atoms with Crippen LogP contribution in [0.25, 0.3) is 0 Å². The van der Waals surface area contributed by atoms with Gasteiger partial charge in [-0.15, -0.1) is 0 Å². The smallest absolute Gasteiger partial charge is 0.243 e. The van der Waals surface area contributed by atoms with Crippen molar-refractivity contribution in [2.24, 2.45) is 0 Å². The lowest BCUT2D eigenvalue weighted by Gasteiger charge is -2.23. The molecule has 1 fully saturated rings. The molecule has 2 rings (SSSR count). The minimum atomic E-state index is -3.59. The number of amides is 1. The number of carbonyl (C=O) groups is 1. The highest BCUT2D eigenvalue weighted by atomic mass is 32.2. The van der Waals surface area contributed by atoms with Gasteiger partial charge in [0, 0.05) is 39.1 Å². The number of carbonyl (C=O) groups excluding carboxylic acids is 1. The van der Waals surface area contributed by atoms with E-state index in [0.717, 1.165) is 6.54 Å². The summed E-state index contributed by atoms with van der Waals surface area (Å²) in [6.45, 7) is 6.23. The van der Waals surface area contributed by atoms with Crippen LogP contribution in [0.3, 0.4) is 0 Å². The van der Waals surface area contributed by atoms with Crippen LogP contribution in [0.15, 0.2) is 23.1 Å². The van der Waals surface area contributed by atoms with E-state index in [1.165, 1.54) is 10.4 Å². The standard InChI is InChI=1S/C17H28N4O4S/c1-4-21(5-2)26(23,24)14-6-7-15(18-3)16(11-14)20-17(22)10-13-12-25-9-8-19-13/h6-7,11,13,18-19H,4-5,8-10,12H2,1-3H3,(H,20,22). The minimum Gasteiger partial charge on any atom is -0.386 e. The lowest BCUT2D eigenvalue weighted by molar-refractivity contribution is -0.117. The SMILES string of the molecule is CCN(CC)S(=O)(=O)c1ccc(NC)c(NC(=O)CC2COCCN2)c1. The number of sulfonamides is 1. The maximum atomic E-state index is 12.7. The third-order valence-electron chi connectivity index (χ3n) is 4.31. The second kappa shape index (κ2) is 9.31. The van der Waals surface area contributed by atoms with Crippen LogP contribution in [0.4, 0.5) is 11.4 Å². The van der Waals surface area contributed by atoms with Gasteiger partial charge in [0.25, 0.3) is 0 Å². The lowest BCUT2D eigenvalue weighted by Crippen LogP contribution is -2.43. The lowest BCUT2D eigenvalue weighted by atomic mass is 10.2. The number of benzene rings is 1. The van der Waals surface area contributed by atoms with E-state index in [-0.39, 0.29) is 23.3 Å². The summed E-state index contributed by atoms with van der Waals surface area (Å²) >= 11 is 0. The Kier molecular flexibility index (Phi) is 7.39. The molecule has 3 N–H and O–H groups in total. The molecule has 0 saturated carbocycles. The van der Waals surface area contributed by atoms with E-state index in [4.69, 9.17) is 4.74 Å². The van der Waals surface area contributed by atoms with Gasteiger partial charge in [-0.2, -0.15) is 4.31 Å². The van der Waals surface area contributed by atoms with Gasteiger partial charge in [-0.05, 0) is 18.2 Å². The van der Waals surface area contributed by atoms with E-state index in [1.807, 2.05) is 0 Å². The summed E-state index contributed by atoms with van der Waals surface area (Å²) in [5, 5.41) is 9.02. The number of hydrogen-bond donors (Lipinski definition) is 3. The fourth-order valence-electron chi connectivity index (χ4n) is 2.89. The molecular weight excluding hydrogens is 356 g/mol. The molecule has 146 valence electrons. The van der Waals surface area contributed by atoms with Gasteiger partial charge in [0.1, 0.15) is 0 Å². The van der Waals surface area contributed by atoms with Crippen molar-refractivity contribution in [3.05, 3.63) is 18.2 Å². The Bertz CT molecular complexity index is 713. The molecule has 1 unspecified atom stereocenters. The molecule has 1 aliphatic rings. The molecule has 26 heavy (non-hydrogen) atoms. The van der Waals surface area contributed by atoms with Gasteiger partial charge in [-0.1, -0.05) is 13.8 Å². The maximum absolute atomic E-state index is 12.7. The minimum absolute atomic E-state index is 0.0376. The van der Waals surface area contributed by atoms with Crippen LogP contribution >= 0.6 is 0 Å². The van der Waals surface area contributed by atoms with Crippen molar-refractivity contribution in [2.45, 2.75) is 31.2 Å². The molecule has 1 aliphatic heterocycles. The van der Waals surface area contributed by atoms with Crippen LogP contribution in [0, 0.1) is 0 Å². The van der Waals surface area contributed by atoms with Gasteiger partial charge < -0.3 is 20.7 Å². The van der Waals surface area contributed by atoms with Crippen molar-refractivity contribution in [3.8, 4) is 0 Å². The summed E-state index contributed by atoms with van der Waals surface area (Å²) in [7, 11) is -1.87. The third kappa shape index (κ3) is 4.94. The fraction of sp³-hybridized carbons (Fsp3) is 0.588. The molecule has 0 aliphatic carbocycles. The maximum Gasteiger partial charge on any atom is 0.243 e. The van der Waals surface area contributed by atoms with Crippen LogP contribution in [-0.4, -0.2) is 64.6 Å². The molecule has 0 bridgehead atoms. The summed E-state index contributed by atoms with van der Waals surface area (Å²) in [6.07, 6.45) is 0.260. The summed E-state index contributed by atoms with van der Waals surface area (Å²) < 4.78 is 32.2. The van der Waals surface area contributed by atoms with E-state index in [9.17, 15) is 13.2 Å². The van der Waals surface area contributed by atoms with Crippen molar-refractivity contribution < 1.29 is 17.9 Å². The van der Waals surface area contributed by atoms with Crippen LogP contribution in [0.1, 0.15) is 20.3 Å². The van der Waals surface area contributed by atoms with Crippen molar-refractivity contribution in [1.29, 1.82) is 0 Å². The number of nitrogens with zero attached hydrogens (tertiary/aromatic N) is 1. The Balaban J connectivity index is 2.20. The summed E-state index contributed by atoms with van der Waals surface area (Å²) in [6, 6.07) is 4.67. The highest BCUT2D eigenvalue weighted by Gasteiger charge is 2.23. The molecule has 8 nitrogen and oxygen atoms in total. The normalized spacial score (nSPS) is 17.9. The third-order valence-corrected chi connectivity index (χ3v) is 6.35. The first-order valence-electron chi connectivity index (χ1n) is 8.85. The number of hydrogen-bond acceptors (Lipinski definition) is 6. The van der Waals surface area contributed by atoms with E-state index < -0.39 is 10.0 Å². The first-order chi connectivity index (χ1) is 12.4. The van der Waals surface area contributed by atoms with Crippen LogP contribution in [-0.2, 0) is 19.6 Å². The number of nitrogens with one attached hydrogen (secondary N) is 3. The molecule has 1 saturated heterocycles. The van der Waals surface area contributed by atoms with E-state index in [0.29, 0.717) is 37.7 Å². The number of morpholine rings is 1. The van der Waals surface area contributed by atoms with Gasteiger partial charge in [-0.3, -0.25) is 4.79 Å². The molecule has 0 aromatic heterocycles. The molecular formula is C17H28N4O4S. The van der Waals surface area contributed by atoms with Gasteiger partial charge in [0.05, 0.1) is 29.5 Å². The Morgan fingerprint density at radius 2 is 2.04 bits per heavy atom. The zero-order valence-corrected chi connectivity index (χ0v) is 16.4. The predicted molar refractivity (Wildman–Crippen MR) is 102 cm³/mol. The Hall–Kier alpha value is -1.68. The average Bonchev–Trinajstić information content (AvgIpc) is 2.63. The Morgan fingerprint density at radius 1 is 1.31 bits per heavy atom. The van der Waals surface area contributed by atoms with Crippen LogP contribution in [0.2, 0.25) is 0 Å². The van der Waals surface area contributed by atoms with Crippen molar-refractivity contribution >= 4 is 27.3 Å². The quantitative estimate of drug-likeness (QED) is 0.620. The second-order valence-corrected chi connectivity index (χ2v) is 7.96. The first kappa shape index (κ1) is 20.6. The predicted octanol–water partition coefficient (Wildman–Crippen LogP) is 1.08. The first-order valence-corrected chi connectivity index (χ1v) is 10.3. The van der Waals surface area contributed by atoms with Gasteiger partial charge >= 0.3 is 0 Å². The van der Waals surface area contributed by atoms with Crippen molar-refractivity contribution in [2.75, 3.05) is 50.5 Å². The second-order valence-electron chi connectivity index (χ2n) is 6.02. The molecule has 1 atom stereocenters. The molecule has 1 aromatic rings. The Morgan fingerprint density at radius 3 is 2.62 bits per heavy atom. The highest BCUT2D eigenvalue weighted by molar-refractivity contribution is 7.89. The largest absolute Gasteiger partial charge is 0.386 e. The molecule has 1 heterocycles. The van der Waals surface area contributed by atoms with E-state index >= 15 is 0 Å². The van der Waals surface area contributed by atoms with Crippen LogP contribution < -0.4 is 16.0 Å². The van der Waals surface area contributed by atoms with Crippen molar-refractivity contribution in [1.82, 2.24) is 9.62 Å². The topological polar surface area (TPSA) is 99.8 Å². The monoisotopic (exact) mass is 384 g/mol. The summed E-state index contributed by atoms with van der Waals surface area (Å²) in [5.74, 6) is -0.193. The average molecular weight is 385 g/mol.